The lowest BCUT2D eigenvalue weighted by molar-refractivity contribution is 0.590. The predicted octanol–water partition coefficient (Wildman–Crippen LogP) is 9.61. The van der Waals surface area contributed by atoms with Crippen molar-refractivity contribution in [2.45, 2.75) is 52.4 Å². The molecule has 0 aliphatic rings. The normalized spacial score (nSPS) is 12.3. The van der Waals surface area contributed by atoms with Gasteiger partial charge in [-0.1, -0.05) is 65.8 Å². The Labute approximate surface area is 257 Å². The average Bonchev–Trinajstić information content (AvgIpc) is 3.52. The summed E-state index contributed by atoms with van der Waals surface area (Å²) in [6.07, 6.45) is 1.81. The third-order valence-corrected chi connectivity index (χ3v) is 8.69. The van der Waals surface area contributed by atoms with Gasteiger partial charge in [0.2, 0.25) is 0 Å². The van der Waals surface area contributed by atoms with Gasteiger partial charge in [0, 0.05) is 28.0 Å². The smallest absolute Gasteiger partial charge is 0.0992 e. The summed E-state index contributed by atoms with van der Waals surface area (Å²) >= 11 is 0. The lowest BCUT2D eigenvalue weighted by Crippen LogP contribution is -2.10. The molecule has 7 aromatic rings. The Balaban J connectivity index is 1.67. The molecule has 7 rings (SSSR count). The van der Waals surface area contributed by atoms with Gasteiger partial charge in [-0.25, -0.2) is 0 Å². The van der Waals surface area contributed by atoms with Crippen molar-refractivity contribution in [3.63, 3.8) is 0 Å². The first-order chi connectivity index (χ1) is 21.0. The SMILES string of the molecule is CC(C)(C)c1ccc2c(c1)c1cc(C(C)(C)C)ccc1n2-c1cccc2c3ncccc3n(-c3cc(C#N)cc(C#N)c3)c12. The molecule has 3 aromatic heterocycles. The lowest BCUT2D eigenvalue weighted by Gasteiger charge is -2.19. The van der Waals surface area contributed by atoms with Gasteiger partial charge >= 0.3 is 0 Å². The van der Waals surface area contributed by atoms with Crippen LogP contribution in [0.1, 0.15) is 63.8 Å². The highest BCUT2D eigenvalue weighted by Gasteiger charge is 2.24. The fraction of sp³-hybridized carbons (Fsp3) is 0.205. The van der Waals surface area contributed by atoms with Gasteiger partial charge in [-0.15, -0.1) is 0 Å². The van der Waals surface area contributed by atoms with Gasteiger partial charge in [0.05, 0.1) is 56.5 Å². The van der Waals surface area contributed by atoms with Crippen molar-refractivity contribution < 1.29 is 0 Å². The van der Waals surface area contributed by atoms with E-state index in [0.29, 0.717) is 11.1 Å². The van der Waals surface area contributed by atoms with E-state index in [-0.39, 0.29) is 10.8 Å². The molecule has 5 heteroatoms. The molecule has 0 saturated heterocycles. The second kappa shape index (κ2) is 9.56. The van der Waals surface area contributed by atoms with Crippen molar-refractivity contribution in [2.24, 2.45) is 0 Å². The lowest BCUT2D eigenvalue weighted by atomic mass is 9.85. The molecular weight excluding hydrogens is 538 g/mol. The van der Waals surface area contributed by atoms with Gasteiger partial charge in [0.15, 0.2) is 0 Å². The Hall–Kier alpha value is -5.39. The summed E-state index contributed by atoms with van der Waals surface area (Å²) in [4.78, 5) is 4.80. The zero-order valence-corrected chi connectivity index (χ0v) is 25.9. The highest BCUT2D eigenvalue weighted by atomic mass is 15.1. The van der Waals surface area contributed by atoms with Crippen LogP contribution in [0.2, 0.25) is 0 Å². The molecule has 0 N–H and O–H groups in total. The van der Waals surface area contributed by atoms with Crippen LogP contribution in [-0.4, -0.2) is 14.1 Å². The molecule has 5 nitrogen and oxygen atoms in total. The van der Waals surface area contributed by atoms with Crippen molar-refractivity contribution >= 4 is 43.7 Å². The van der Waals surface area contributed by atoms with Crippen LogP contribution in [0.3, 0.4) is 0 Å². The van der Waals surface area contributed by atoms with E-state index in [1.165, 1.54) is 21.9 Å². The molecule has 0 aliphatic heterocycles. The van der Waals surface area contributed by atoms with Crippen LogP contribution in [0.5, 0.6) is 0 Å². The van der Waals surface area contributed by atoms with E-state index in [2.05, 4.69) is 117 Å². The van der Waals surface area contributed by atoms with Gasteiger partial charge in [0.25, 0.3) is 0 Å². The second-order valence-corrected chi connectivity index (χ2v) is 13.7. The number of rotatable bonds is 2. The van der Waals surface area contributed by atoms with Gasteiger partial charge in [-0.05, 0) is 82.6 Å². The van der Waals surface area contributed by atoms with E-state index in [1.54, 1.807) is 6.07 Å². The fourth-order valence-electron chi connectivity index (χ4n) is 6.40. The number of hydrogen-bond donors (Lipinski definition) is 0. The first kappa shape index (κ1) is 27.4. The maximum absolute atomic E-state index is 9.82. The van der Waals surface area contributed by atoms with E-state index in [4.69, 9.17) is 4.98 Å². The van der Waals surface area contributed by atoms with Crippen LogP contribution < -0.4 is 0 Å². The summed E-state index contributed by atoms with van der Waals surface area (Å²) in [5.74, 6) is 0. The van der Waals surface area contributed by atoms with Gasteiger partial charge in [0.1, 0.15) is 0 Å². The largest absolute Gasteiger partial charge is 0.307 e. The molecule has 44 heavy (non-hydrogen) atoms. The molecule has 0 fully saturated rings. The minimum Gasteiger partial charge on any atom is -0.307 e. The molecule has 0 aliphatic carbocycles. The Morgan fingerprint density at radius 1 is 0.591 bits per heavy atom. The van der Waals surface area contributed by atoms with Crippen molar-refractivity contribution in [3.05, 3.63) is 113 Å². The number of para-hydroxylation sites is 1. The summed E-state index contributed by atoms with van der Waals surface area (Å²) in [6.45, 7) is 13.5. The van der Waals surface area contributed by atoms with E-state index in [1.807, 2.05) is 30.5 Å². The van der Waals surface area contributed by atoms with Gasteiger partial charge < -0.3 is 9.13 Å². The highest BCUT2D eigenvalue weighted by Crippen LogP contribution is 2.41. The summed E-state index contributed by atoms with van der Waals surface area (Å²) in [5, 5.41) is 23.1. The Morgan fingerprint density at radius 2 is 1.18 bits per heavy atom. The summed E-state index contributed by atoms with van der Waals surface area (Å²) < 4.78 is 4.51. The quantitative estimate of drug-likeness (QED) is 0.207. The summed E-state index contributed by atoms with van der Waals surface area (Å²) in [5.41, 5.74) is 10.3. The summed E-state index contributed by atoms with van der Waals surface area (Å²) in [6, 6.07) is 33.8. The van der Waals surface area contributed by atoms with E-state index in [0.717, 1.165) is 44.3 Å². The molecule has 0 atom stereocenters. The number of benzene rings is 4. The molecule has 0 unspecified atom stereocenters. The monoisotopic (exact) mass is 571 g/mol. The maximum atomic E-state index is 9.82. The number of aromatic nitrogens is 3. The minimum atomic E-state index is 0.00651. The first-order valence-corrected chi connectivity index (χ1v) is 14.9. The number of fused-ring (bicyclic) bond motifs is 6. The topological polar surface area (TPSA) is 70.3 Å². The summed E-state index contributed by atoms with van der Waals surface area (Å²) in [7, 11) is 0. The zero-order chi connectivity index (χ0) is 31.0. The van der Waals surface area contributed by atoms with Crippen molar-refractivity contribution in [3.8, 4) is 23.5 Å². The molecule has 0 spiro atoms. The third-order valence-electron chi connectivity index (χ3n) is 8.69. The number of nitrogens with zero attached hydrogens (tertiary/aromatic N) is 5. The number of nitriles is 2. The Kier molecular flexibility index (Phi) is 5.96. The minimum absolute atomic E-state index is 0.00651. The standard InChI is InChI=1S/C39H33N5/c1-38(2,3)26-12-14-32-30(20-26)31-21-27(39(4,5)6)13-15-33(31)44(32)35-10-7-9-29-36-34(11-8-16-42-36)43(37(29)35)28-18-24(22-40)17-25(19-28)23-41/h7-21H,1-6H3. The first-order valence-electron chi connectivity index (χ1n) is 14.9. The van der Waals surface area contributed by atoms with Gasteiger partial charge in [-0.3, -0.25) is 4.98 Å². The van der Waals surface area contributed by atoms with Crippen LogP contribution in [0, 0.1) is 22.7 Å². The molecule has 0 bridgehead atoms. The highest BCUT2D eigenvalue weighted by molar-refractivity contribution is 6.14. The van der Waals surface area contributed by atoms with Gasteiger partial charge in [-0.2, -0.15) is 10.5 Å². The van der Waals surface area contributed by atoms with Crippen LogP contribution in [-0.2, 0) is 10.8 Å². The van der Waals surface area contributed by atoms with E-state index < -0.39 is 0 Å². The second-order valence-electron chi connectivity index (χ2n) is 13.7. The maximum Gasteiger partial charge on any atom is 0.0992 e. The van der Waals surface area contributed by atoms with Crippen molar-refractivity contribution in [1.82, 2.24) is 14.1 Å². The van der Waals surface area contributed by atoms with Crippen molar-refractivity contribution in [2.75, 3.05) is 0 Å². The fourth-order valence-corrected chi connectivity index (χ4v) is 6.40. The van der Waals surface area contributed by atoms with Crippen LogP contribution in [0.25, 0.3) is 55.1 Å². The molecule has 4 aromatic carbocycles. The number of hydrogen-bond acceptors (Lipinski definition) is 3. The molecule has 0 saturated carbocycles. The molecule has 0 radical (unpaired) electrons. The zero-order valence-electron chi connectivity index (χ0n) is 25.9. The third kappa shape index (κ3) is 4.16. The van der Waals surface area contributed by atoms with Crippen molar-refractivity contribution in [1.29, 1.82) is 10.5 Å². The Bertz CT molecular complexity index is 2270. The average molecular weight is 572 g/mol. The predicted molar refractivity (Wildman–Crippen MR) is 180 cm³/mol. The number of pyridine rings is 1. The Morgan fingerprint density at radius 3 is 1.73 bits per heavy atom. The molecule has 3 heterocycles. The van der Waals surface area contributed by atoms with Crippen LogP contribution in [0.4, 0.5) is 0 Å². The molecule has 0 amide bonds. The molecular formula is C39H33N5. The van der Waals surface area contributed by atoms with Crippen LogP contribution >= 0.6 is 0 Å². The van der Waals surface area contributed by atoms with E-state index in [9.17, 15) is 10.5 Å². The van der Waals surface area contributed by atoms with E-state index >= 15 is 0 Å². The van der Waals surface area contributed by atoms with Crippen LogP contribution in [0.15, 0.2) is 91.1 Å². The molecule has 214 valence electrons.